The molecule has 0 fully saturated rings. The summed E-state index contributed by atoms with van der Waals surface area (Å²) in [5.41, 5.74) is 1.34. The van der Waals surface area contributed by atoms with Crippen molar-refractivity contribution in [2.24, 2.45) is 5.92 Å². The second kappa shape index (κ2) is 10.3. The Morgan fingerprint density at radius 1 is 1.10 bits per heavy atom. The Labute approximate surface area is 129 Å². The number of nitrogens with one attached hydrogen (secondary N) is 1. The van der Waals surface area contributed by atoms with E-state index in [0.717, 1.165) is 12.5 Å². The highest BCUT2D eigenvalue weighted by atomic mass is 32.2. The van der Waals surface area contributed by atoms with Crippen molar-refractivity contribution in [3.63, 3.8) is 0 Å². The molecule has 0 aliphatic rings. The topological polar surface area (TPSA) is 12.0 Å². The van der Waals surface area contributed by atoms with Gasteiger partial charge in [-0.15, -0.1) is 11.8 Å². The Hall–Kier alpha value is -0.470. The SMILES string of the molecule is CCCNC(CSc1ccc(C)cc1)CC(C)CCC. The van der Waals surface area contributed by atoms with Crippen LogP contribution in [0.25, 0.3) is 0 Å². The van der Waals surface area contributed by atoms with Crippen LogP contribution in [0.15, 0.2) is 29.2 Å². The number of thioether (sulfide) groups is 1. The van der Waals surface area contributed by atoms with Gasteiger partial charge in [0.1, 0.15) is 0 Å². The summed E-state index contributed by atoms with van der Waals surface area (Å²) in [7, 11) is 0. The zero-order valence-electron chi connectivity index (χ0n) is 13.6. The van der Waals surface area contributed by atoms with E-state index in [1.807, 2.05) is 11.8 Å². The largest absolute Gasteiger partial charge is 0.313 e. The molecule has 1 rings (SSSR count). The van der Waals surface area contributed by atoms with Crippen molar-refractivity contribution in [2.45, 2.75) is 64.3 Å². The standard InChI is InChI=1S/C18H31NS/c1-5-7-16(4)13-17(19-12-6-2)14-20-18-10-8-15(3)9-11-18/h8-11,16-17,19H,5-7,12-14H2,1-4H3. The molecule has 114 valence electrons. The molecular formula is C18H31NS. The van der Waals surface area contributed by atoms with Gasteiger partial charge in [-0.1, -0.05) is 51.3 Å². The Kier molecular flexibility index (Phi) is 9.04. The fraction of sp³-hybridized carbons (Fsp3) is 0.667. The molecule has 0 spiro atoms. The lowest BCUT2D eigenvalue weighted by atomic mass is 9.98. The van der Waals surface area contributed by atoms with E-state index in [4.69, 9.17) is 0 Å². The summed E-state index contributed by atoms with van der Waals surface area (Å²) in [5, 5.41) is 3.72. The number of benzene rings is 1. The number of aryl methyl sites for hydroxylation is 1. The molecule has 1 aromatic carbocycles. The molecule has 1 N–H and O–H groups in total. The maximum absolute atomic E-state index is 3.72. The van der Waals surface area contributed by atoms with Crippen LogP contribution in [0, 0.1) is 12.8 Å². The Balaban J connectivity index is 2.44. The van der Waals surface area contributed by atoms with Crippen LogP contribution in [0.4, 0.5) is 0 Å². The molecular weight excluding hydrogens is 262 g/mol. The van der Waals surface area contributed by atoms with Crippen molar-refractivity contribution < 1.29 is 0 Å². The predicted molar refractivity (Wildman–Crippen MR) is 92.7 cm³/mol. The molecule has 0 heterocycles. The molecule has 0 radical (unpaired) electrons. The third kappa shape index (κ3) is 7.35. The lowest BCUT2D eigenvalue weighted by Gasteiger charge is -2.22. The summed E-state index contributed by atoms with van der Waals surface area (Å²) in [6.45, 7) is 10.2. The third-order valence-electron chi connectivity index (χ3n) is 3.62. The minimum absolute atomic E-state index is 0.641. The molecule has 0 aliphatic heterocycles. The van der Waals surface area contributed by atoms with E-state index >= 15 is 0 Å². The van der Waals surface area contributed by atoms with Gasteiger partial charge in [0.15, 0.2) is 0 Å². The molecule has 0 aliphatic carbocycles. The van der Waals surface area contributed by atoms with Gasteiger partial charge in [-0.25, -0.2) is 0 Å². The third-order valence-corrected chi connectivity index (χ3v) is 4.80. The Morgan fingerprint density at radius 3 is 2.40 bits per heavy atom. The zero-order valence-corrected chi connectivity index (χ0v) is 14.4. The molecule has 1 nitrogen and oxygen atoms in total. The highest BCUT2D eigenvalue weighted by Gasteiger charge is 2.12. The lowest BCUT2D eigenvalue weighted by molar-refractivity contribution is 0.404. The molecule has 20 heavy (non-hydrogen) atoms. The lowest BCUT2D eigenvalue weighted by Crippen LogP contribution is -2.33. The monoisotopic (exact) mass is 293 g/mol. The normalized spacial score (nSPS) is 14.2. The van der Waals surface area contributed by atoms with E-state index in [1.165, 1.54) is 41.9 Å². The fourth-order valence-electron chi connectivity index (χ4n) is 2.49. The maximum atomic E-state index is 3.72. The van der Waals surface area contributed by atoms with Crippen molar-refractivity contribution in [1.29, 1.82) is 0 Å². The van der Waals surface area contributed by atoms with Gasteiger partial charge in [0.25, 0.3) is 0 Å². The van der Waals surface area contributed by atoms with Gasteiger partial charge in [0, 0.05) is 16.7 Å². The molecule has 0 aromatic heterocycles. The molecule has 0 saturated carbocycles. The fourth-order valence-corrected chi connectivity index (χ4v) is 3.46. The van der Waals surface area contributed by atoms with Crippen LogP contribution in [-0.2, 0) is 0 Å². The molecule has 0 amide bonds. The van der Waals surface area contributed by atoms with E-state index in [2.05, 4.69) is 57.3 Å². The summed E-state index contributed by atoms with van der Waals surface area (Å²) in [4.78, 5) is 1.39. The van der Waals surface area contributed by atoms with Crippen LogP contribution in [0.2, 0.25) is 0 Å². The Bertz CT molecular complexity index is 347. The molecule has 1 aromatic rings. The van der Waals surface area contributed by atoms with Gasteiger partial charge < -0.3 is 5.32 Å². The van der Waals surface area contributed by atoms with E-state index in [0.29, 0.717) is 6.04 Å². The van der Waals surface area contributed by atoms with Crippen molar-refractivity contribution in [2.75, 3.05) is 12.3 Å². The second-order valence-corrected chi connectivity index (χ2v) is 7.00. The smallest absolute Gasteiger partial charge is 0.0164 e. The van der Waals surface area contributed by atoms with Crippen molar-refractivity contribution in [1.82, 2.24) is 5.32 Å². The van der Waals surface area contributed by atoms with Crippen LogP contribution in [0.5, 0.6) is 0 Å². The number of rotatable bonds is 10. The minimum Gasteiger partial charge on any atom is -0.313 e. The maximum Gasteiger partial charge on any atom is 0.0164 e. The highest BCUT2D eigenvalue weighted by Crippen LogP contribution is 2.22. The van der Waals surface area contributed by atoms with E-state index in [1.54, 1.807) is 0 Å². The van der Waals surface area contributed by atoms with Crippen molar-refractivity contribution >= 4 is 11.8 Å². The minimum atomic E-state index is 0.641. The second-order valence-electron chi connectivity index (χ2n) is 5.90. The molecule has 0 bridgehead atoms. The summed E-state index contributed by atoms with van der Waals surface area (Å²) >= 11 is 1.99. The number of hydrogen-bond acceptors (Lipinski definition) is 2. The zero-order chi connectivity index (χ0) is 14.8. The average Bonchev–Trinajstić information content (AvgIpc) is 2.44. The van der Waals surface area contributed by atoms with Crippen LogP contribution < -0.4 is 5.32 Å². The summed E-state index contributed by atoms with van der Waals surface area (Å²) < 4.78 is 0. The van der Waals surface area contributed by atoms with Gasteiger partial charge in [0.05, 0.1) is 0 Å². The predicted octanol–water partition coefficient (Wildman–Crippen LogP) is 5.28. The van der Waals surface area contributed by atoms with Crippen LogP contribution in [0.1, 0.15) is 52.0 Å². The molecule has 2 atom stereocenters. The van der Waals surface area contributed by atoms with Crippen molar-refractivity contribution in [3.8, 4) is 0 Å². The van der Waals surface area contributed by atoms with Gasteiger partial charge >= 0.3 is 0 Å². The van der Waals surface area contributed by atoms with Crippen LogP contribution >= 0.6 is 11.8 Å². The van der Waals surface area contributed by atoms with Crippen molar-refractivity contribution in [3.05, 3.63) is 29.8 Å². The average molecular weight is 294 g/mol. The first-order chi connectivity index (χ1) is 9.65. The number of hydrogen-bond donors (Lipinski definition) is 1. The first-order valence-electron chi connectivity index (χ1n) is 8.08. The first kappa shape index (κ1) is 17.6. The molecule has 0 saturated heterocycles. The van der Waals surface area contributed by atoms with E-state index in [-0.39, 0.29) is 0 Å². The highest BCUT2D eigenvalue weighted by molar-refractivity contribution is 7.99. The first-order valence-corrected chi connectivity index (χ1v) is 9.07. The molecule has 2 unspecified atom stereocenters. The van der Waals surface area contributed by atoms with E-state index in [9.17, 15) is 0 Å². The summed E-state index contributed by atoms with van der Waals surface area (Å²) in [6, 6.07) is 9.54. The van der Waals surface area contributed by atoms with E-state index < -0.39 is 0 Å². The van der Waals surface area contributed by atoms with Crippen LogP contribution in [0.3, 0.4) is 0 Å². The van der Waals surface area contributed by atoms with Gasteiger partial charge in [0.2, 0.25) is 0 Å². The van der Waals surface area contributed by atoms with Crippen LogP contribution in [-0.4, -0.2) is 18.3 Å². The summed E-state index contributed by atoms with van der Waals surface area (Å²) in [6.07, 6.45) is 5.16. The van der Waals surface area contributed by atoms with Gasteiger partial charge in [-0.05, 0) is 44.4 Å². The Morgan fingerprint density at radius 2 is 1.80 bits per heavy atom. The quantitative estimate of drug-likeness (QED) is 0.589. The van der Waals surface area contributed by atoms with Gasteiger partial charge in [-0.3, -0.25) is 0 Å². The summed E-state index contributed by atoms with van der Waals surface area (Å²) in [5.74, 6) is 2.00. The molecule has 2 heteroatoms. The van der Waals surface area contributed by atoms with Gasteiger partial charge in [-0.2, -0.15) is 0 Å².